The minimum absolute atomic E-state index is 0.129. The quantitative estimate of drug-likeness (QED) is 0.0159. The predicted octanol–water partition coefficient (Wildman–Crippen LogP) is -4.97. The molecule has 10 amide bonds. The van der Waals surface area contributed by atoms with Crippen LogP contribution in [-0.2, 0) is 52.7 Å². The highest BCUT2D eigenvalue weighted by Gasteiger charge is 2.38. The number of carbonyl (C=O) groups excluding carboxylic acids is 10. The maximum atomic E-state index is 14.0. The maximum Gasteiger partial charge on any atom is 0.326 e. The average Bonchev–Trinajstić information content (AvgIpc) is 3.32. The van der Waals surface area contributed by atoms with Gasteiger partial charge in [0.1, 0.15) is 48.3 Å². The Hall–Kier alpha value is -6.68. The van der Waals surface area contributed by atoms with Gasteiger partial charge in [-0.15, -0.1) is 0 Å². The third-order valence-corrected chi connectivity index (χ3v) is 12.2. The molecule has 422 valence electrons. The molecule has 0 aliphatic carbocycles. The summed E-state index contributed by atoms with van der Waals surface area (Å²) in [6, 6.07) is -13.5. The Kier molecular flexibility index (Phi) is 30.9. The van der Waals surface area contributed by atoms with Gasteiger partial charge in [0.2, 0.25) is 59.1 Å². The summed E-state index contributed by atoms with van der Waals surface area (Å²) >= 11 is 0. The van der Waals surface area contributed by atoms with E-state index in [1.807, 2.05) is 0 Å². The topological polar surface area (TPSA) is 487 Å². The number of amides is 10. The zero-order valence-corrected chi connectivity index (χ0v) is 44.0. The third kappa shape index (κ3) is 24.4. The molecule has 0 saturated carbocycles. The fraction of sp³-hybridized carbons (Fsp3) is 0.739. The van der Waals surface area contributed by atoms with Gasteiger partial charge in [0, 0.05) is 13.0 Å². The third-order valence-electron chi connectivity index (χ3n) is 12.2. The number of nitrogens with zero attached hydrogens (tertiary/aromatic N) is 1. The number of nitrogens with one attached hydrogen (secondary N) is 8. The van der Waals surface area contributed by atoms with Crippen molar-refractivity contribution in [2.24, 2.45) is 57.3 Å². The lowest BCUT2D eigenvalue weighted by atomic mass is 9.96. The second-order valence-corrected chi connectivity index (χ2v) is 19.0. The smallest absolute Gasteiger partial charge is 0.326 e. The highest BCUT2D eigenvalue weighted by molar-refractivity contribution is 5.99. The first kappa shape index (κ1) is 67.3. The van der Waals surface area contributed by atoms with Gasteiger partial charge in [0.05, 0.1) is 25.2 Å². The van der Waals surface area contributed by atoms with Crippen LogP contribution >= 0.6 is 0 Å². The van der Waals surface area contributed by atoms with E-state index >= 15 is 0 Å². The van der Waals surface area contributed by atoms with Crippen LogP contribution in [0.1, 0.15) is 120 Å². The number of rotatable bonds is 36. The van der Waals surface area contributed by atoms with Crippen LogP contribution in [0.5, 0.6) is 0 Å². The second-order valence-electron chi connectivity index (χ2n) is 19.0. The summed E-state index contributed by atoms with van der Waals surface area (Å²) in [7, 11) is 0. The molecule has 28 nitrogen and oxygen atoms in total. The SMILES string of the molecule is CC[C@H](C)[C@H](NC(=O)[C@@H](NC(=O)[C@@H](NC(=O)[C@H](CO)NC(=O)[C@H](CC(N)=O)NC(=O)[C@H](CCC(N)=O)NC(=O)[C@@H](NC(=O)[C@H](CC(C)C)NC(=O)[C@@H](N)CCCN=C(N)N)[C@@H](C)CC)[C@@H](C)CC)[C@@H](C)O)C(=O)O. The lowest BCUT2D eigenvalue weighted by Crippen LogP contribution is -2.63. The van der Waals surface area contributed by atoms with Gasteiger partial charge >= 0.3 is 5.97 Å². The number of aliphatic imine (C=N–C) groups is 1. The number of hydrogen-bond donors (Lipinski definition) is 16. The molecule has 0 spiro atoms. The molecule has 0 rings (SSSR count). The Morgan fingerprint density at radius 3 is 1.35 bits per heavy atom. The van der Waals surface area contributed by atoms with Crippen molar-refractivity contribution in [3.05, 3.63) is 0 Å². The largest absolute Gasteiger partial charge is 0.480 e. The number of guanidine groups is 1. The number of aliphatic hydroxyl groups excluding tert-OH is 2. The number of aliphatic carboxylic acids is 1. The van der Waals surface area contributed by atoms with E-state index < -0.39 is 169 Å². The normalized spacial score (nSPS) is 16.4. The average molecular weight is 1060 g/mol. The lowest BCUT2D eigenvalue weighted by molar-refractivity contribution is -0.144. The molecule has 0 fully saturated rings. The molecular weight excluding hydrogens is 973 g/mol. The molecule has 0 aromatic carbocycles. The number of hydrogen-bond acceptors (Lipinski definition) is 15. The van der Waals surface area contributed by atoms with Crippen LogP contribution in [0.2, 0.25) is 0 Å². The van der Waals surface area contributed by atoms with Crippen molar-refractivity contribution in [3.63, 3.8) is 0 Å². The number of primary amides is 2. The van der Waals surface area contributed by atoms with E-state index in [2.05, 4.69) is 47.5 Å². The Bertz CT molecular complexity index is 1950. The molecule has 28 heteroatoms. The summed E-state index contributed by atoms with van der Waals surface area (Å²) < 4.78 is 0. The van der Waals surface area contributed by atoms with E-state index in [0.717, 1.165) is 0 Å². The number of nitrogens with two attached hydrogens (primary N) is 5. The van der Waals surface area contributed by atoms with Crippen LogP contribution in [0.3, 0.4) is 0 Å². The molecular formula is C46H84N14O14. The second kappa shape index (κ2) is 33.9. The summed E-state index contributed by atoms with van der Waals surface area (Å²) in [5, 5.41) is 49.6. The van der Waals surface area contributed by atoms with Crippen LogP contribution in [0.4, 0.5) is 0 Å². The van der Waals surface area contributed by atoms with E-state index in [9.17, 15) is 68.1 Å². The minimum atomic E-state index is -1.89. The van der Waals surface area contributed by atoms with Crippen LogP contribution in [-0.4, -0.2) is 160 Å². The molecule has 13 atom stereocenters. The number of carboxylic acids is 1. The molecule has 0 radical (unpaired) electrons. The van der Waals surface area contributed by atoms with Gasteiger partial charge in [-0.25, -0.2) is 4.79 Å². The van der Waals surface area contributed by atoms with Crippen LogP contribution in [0, 0.1) is 23.7 Å². The van der Waals surface area contributed by atoms with Crippen LogP contribution in [0.15, 0.2) is 4.99 Å². The van der Waals surface area contributed by atoms with Crippen molar-refractivity contribution in [2.75, 3.05) is 13.2 Å². The highest BCUT2D eigenvalue weighted by atomic mass is 16.4. The Labute approximate surface area is 431 Å². The predicted molar refractivity (Wildman–Crippen MR) is 270 cm³/mol. The first-order valence-electron chi connectivity index (χ1n) is 24.8. The van der Waals surface area contributed by atoms with Crippen molar-refractivity contribution >= 4 is 71.0 Å². The summed E-state index contributed by atoms with van der Waals surface area (Å²) in [5.74, 6) is -13.4. The fourth-order valence-electron chi connectivity index (χ4n) is 7.08. The molecule has 21 N–H and O–H groups in total. The van der Waals surface area contributed by atoms with Gasteiger partial charge in [-0.1, -0.05) is 74.7 Å². The molecule has 0 saturated heterocycles. The molecule has 0 heterocycles. The van der Waals surface area contributed by atoms with Gasteiger partial charge in [0.15, 0.2) is 5.96 Å². The lowest BCUT2D eigenvalue weighted by Gasteiger charge is -2.30. The van der Waals surface area contributed by atoms with Gasteiger partial charge in [-0.05, 0) is 56.3 Å². The summed E-state index contributed by atoms with van der Waals surface area (Å²) in [5.41, 5.74) is 27.5. The summed E-state index contributed by atoms with van der Waals surface area (Å²) in [6.07, 6.45) is -1.79. The summed E-state index contributed by atoms with van der Waals surface area (Å²) in [6.45, 7) is 13.7. The molecule has 0 aliphatic rings. The Morgan fingerprint density at radius 1 is 0.500 bits per heavy atom. The number of carboxylic acid groups (broad SMARTS) is 1. The number of carbonyl (C=O) groups is 11. The van der Waals surface area contributed by atoms with Crippen molar-refractivity contribution in [2.45, 2.75) is 181 Å². The maximum absolute atomic E-state index is 14.0. The van der Waals surface area contributed by atoms with Gasteiger partial charge in [0.25, 0.3) is 0 Å². The van der Waals surface area contributed by atoms with Crippen molar-refractivity contribution in [1.82, 2.24) is 42.5 Å². The van der Waals surface area contributed by atoms with Crippen molar-refractivity contribution in [1.29, 1.82) is 0 Å². The molecule has 74 heavy (non-hydrogen) atoms. The molecule has 0 bridgehead atoms. The zero-order valence-electron chi connectivity index (χ0n) is 44.0. The standard InChI is InChI=1S/C46H84N14O14/c1-10-22(6)33(57-40(68)28(18-21(4)5)54-37(65)26(47)14-13-17-52-46(50)51)42(70)53-27(15-16-31(48)63)38(66)55-29(19-32(49)64)39(67)56-30(20-61)41(69)58-34(23(7)11-2)43(71)60-36(25(9)62)44(72)59-35(45(73)74)24(8)12-3/h21-30,33-36,61-62H,10-20,47H2,1-9H3,(H2,48,63)(H2,49,64)(H,53,70)(H,54,65)(H,55,66)(H,56,67)(H,57,68)(H,58,69)(H,59,72)(H,60,71)(H,73,74)(H4,50,51,52)/t22-,23-,24-,25+,26-,27-,28-,29-,30-,33-,34-,35-,36-/m0/s1. The van der Waals surface area contributed by atoms with E-state index in [-0.39, 0.29) is 37.7 Å². The van der Waals surface area contributed by atoms with E-state index in [4.69, 9.17) is 28.7 Å². The molecule has 0 aromatic heterocycles. The monoisotopic (exact) mass is 1060 g/mol. The first-order chi connectivity index (χ1) is 34.4. The fourth-order valence-corrected chi connectivity index (χ4v) is 7.08. The zero-order chi connectivity index (χ0) is 57.2. The Balaban J connectivity index is 6.56. The van der Waals surface area contributed by atoms with Crippen molar-refractivity contribution in [3.8, 4) is 0 Å². The molecule has 0 aromatic rings. The van der Waals surface area contributed by atoms with Gasteiger partial charge in [-0.2, -0.15) is 0 Å². The van der Waals surface area contributed by atoms with E-state index in [1.165, 1.54) is 6.92 Å². The van der Waals surface area contributed by atoms with Crippen molar-refractivity contribution < 1.29 is 68.1 Å². The summed E-state index contributed by atoms with van der Waals surface area (Å²) in [4.78, 5) is 149. The van der Waals surface area contributed by atoms with E-state index in [1.54, 1.807) is 55.4 Å². The molecule has 0 unspecified atom stereocenters. The number of aliphatic hydroxyl groups is 2. The Morgan fingerprint density at radius 2 is 0.905 bits per heavy atom. The van der Waals surface area contributed by atoms with E-state index in [0.29, 0.717) is 19.3 Å². The van der Waals surface area contributed by atoms with Crippen LogP contribution in [0.25, 0.3) is 0 Å². The minimum Gasteiger partial charge on any atom is -0.480 e. The first-order valence-corrected chi connectivity index (χ1v) is 24.8. The van der Waals surface area contributed by atoms with Gasteiger partial charge < -0.3 is 86.5 Å². The van der Waals surface area contributed by atoms with Crippen LogP contribution < -0.4 is 71.2 Å². The van der Waals surface area contributed by atoms with Gasteiger partial charge in [-0.3, -0.25) is 52.9 Å². The molecule has 0 aliphatic heterocycles. The highest BCUT2D eigenvalue weighted by Crippen LogP contribution is 2.15.